The van der Waals surface area contributed by atoms with Crippen LogP contribution in [0.25, 0.3) is 0 Å². The highest BCUT2D eigenvalue weighted by atomic mass is 32.1. The van der Waals surface area contributed by atoms with Gasteiger partial charge in [-0.2, -0.15) is 0 Å². The number of carbonyl (C=O) groups excluding carboxylic acids is 3. The molecule has 1 aliphatic carbocycles. The van der Waals surface area contributed by atoms with Crippen molar-refractivity contribution in [2.45, 2.75) is 19.3 Å². The van der Waals surface area contributed by atoms with E-state index in [1.807, 2.05) is 17.5 Å². The number of aromatic nitrogens is 1. The van der Waals surface area contributed by atoms with Gasteiger partial charge < -0.3 is 10.1 Å². The van der Waals surface area contributed by atoms with Gasteiger partial charge in [0.05, 0.1) is 23.6 Å². The van der Waals surface area contributed by atoms with Crippen LogP contribution < -0.4 is 15.4 Å². The number of amides is 2. The summed E-state index contributed by atoms with van der Waals surface area (Å²) in [6.45, 7) is 0.539. The fraction of sp³-hybridized carbons (Fsp3) is 0.273. The average Bonchev–Trinajstić information content (AvgIpc) is 3.43. The quantitative estimate of drug-likeness (QED) is 0.568. The summed E-state index contributed by atoms with van der Waals surface area (Å²) >= 11 is 2.81. The van der Waals surface area contributed by atoms with Crippen LogP contribution in [0.2, 0.25) is 0 Å². The maximum Gasteiger partial charge on any atom is 0.257 e. The summed E-state index contributed by atoms with van der Waals surface area (Å²) in [4.78, 5) is 43.7. The van der Waals surface area contributed by atoms with Crippen LogP contribution in [0.1, 0.15) is 37.0 Å². The minimum atomic E-state index is -0.435. The maximum atomic E-state index is 12.6. The minimum absolute atomic E-state index is 0.109. The molecule has 7 nitrogen and oxygen atoms in total. The van der Waals surface area contributed by atoms with Gasteiger partial charge in [-0.25, -0.2) is 4.98 Å². The Kier molecular flexibility index (Phi) is 6.43. The molecule has 2 N–H and O–H groups in total. The zero-order valence-corrected chi connectivity index (χ0v) is 18.5. The van der Waals surface area contributed by atoms with Crippen molar-refractivity contribution in [3.05, 3.63) is 62.8 Å². The lowest BCUT2D eigenvalue weighted by Gasteiger charge is -2.19. The number of ether oxygens (including phenoxy) is 1. The van der Waals surface area contributed by atoms with E-state index >= 15 is 0 Å². The van der Waals surface area contributed by atoms with Gasteiger partial charge in [0.15, 0.2) is 10.9 Å². The number of carbonyl (C=O) groups is 3. The van der Waals surface area contributed by atoms with Crippen molar-refractivity contribution in [1.82, 2.24) is 10.3 Å². The topological polar surface area (TPSA) is 97.4 Å². The van der Waals surface area contributed by atoms with E-state index in [1.54, 1.807) is 42.7 Å². The maximum absolute atomic E-state index is 12.6. The van der Waals surface area contributed by atoms with Gasteiger partial charge in [0, 0.05) is 29.8 Å². The monoisotopic (exact) mass is 455 g/mol. The number of hydrogen-bond donors (Lipinski definition) is 2. The van der Waals surface area contributed by atoms with Crippen LogP contribution in [0.4, 0.5) is 5.13 Å². The van der Waals surface area contributed by atoms with E-state index in [1.165, 1.54) is 4.88 Å². The highest BCUT2D eigenvalue weighted by Crippen LogP contribution is 2.32. The van der Waals surface area contributed by atoms with Crippen molar-refractivity contribution in [2.24, 2.45) is 5.92 Å². The van der Waals surface area contributed by atoms with Gasteiger partial charge in [0.1, 0.15) is 5.75 Å². The highest BCUT2D eigenvalue weighted by molar-refractivity contribution is 7.17. The van der Waals surface area contributed by atoms with Gasteiger partial charge in [-0.3, -0.25) is 19.7 Å². The van der Waals surface area contributed by atoms with Crippen LogP contribution in [0.5, 0.6) is 5.75 Å². The molecule has 9 heteroatoms. The Labute approximate surface area is 187 Å². The molecule has 1 unspecified atom stereocenters. The molecule has 0 saturated carbocycles. The van der Waals surface area contributed by atoms with Gasteiger partial charge >= 0.3 is 0 Å². The molecule has 0 aliphatic heterocycles. The number of ketones is 1. The number of hydrogen-bond acceptors (Lipinski definition) is 7. The second kappa shape index (κ2) is 9.40. The Morgan fingerprint density at radius 2 is 2.00 bits per heavy atom. The third-order valence-corrected chi connectivity index (χ3v) is 7.01. The normalized spacial score (nSPS) is 15.3. The first kappa shape index (κ1) is 21.2. The fourth-order valence-electron chi connectivity index (χ4n) is 3.39. The molecule has 0 radical (unpaired) electrons. The molecule has 31 heavy (non-hydrogen) atoms. The Morgan fingerprint density at radius 1 is 1.19 bits per heavy atom. The standard InChI is InChI=1S/C22H21N3O4S2/c1-29-15-6-4-13(5-7-15)21(28)25-22-24-17-11-14(12-18(26)19(17)31-22)20(27)23-9-8-16-3-2-10-30-16/h2-7,10,14H,8-9,11-12H2,1H3,(H,23,27)(H,24,25,28). The molecule has 0 saturated heterocycles. The third-order valence-electron chi connectivity index (χ3n) is 5.02. The number of fused-ring (bicyclic) bond motifs is 1. The first-order valence-corrected chi connectivity index (χ1v) is 11.5. The third kappa shape index (κ3) is 5.00. The Morgan fingerprint density at radius 3 is 2.71 bits per heavy atom. The summed E-state index contributed by atoms with van der Waals surface area (Å²) in [5, 5.41) is 8.03. The first-order chi connectivity index (χ1) is 15.0. The van der Waals surface area contributed by atoms with Gasteiger partial charge in [-0.15, -0.1) is 11.3 Å². The number of methoxy groups -OCH3 is 1. The van der Waals surface area contributed by atoms with Crippen molar-refractivity contribution < 1.29 is 19.1 Å². The second-order valence-corrected chi connectivity index (χ2v) is 9.16. The summed E-state index contributed by atoms with van der Waals surface area (Å²) in [7, 11) is 1.56. The summed E-state index contributed by atoms with van der Waals surface area (Å²) in [5.74, 6) is -0.333. The van der Waals surface area contributed by atoms with Gasteiger partial charge in [-0.1, -0.05) is 17.4 Å². The zero-order chi connectivity index (χ0) is 21.8. The first-order valence-electron chi connectivity index (χ1n) is 9.82. The molecule has 2 amide bonds. The van der Waals surface area contributed by atoms with Crippen molar-refractivity contribution in [3.8, 4) is 5.75 Å². The fourth-order valence-corrected chi connectivity index (χ4v) is 5.03. The van der Waals surface area contributed by atoms with E-state index in [9.17, 15) is 14.4 Å². The van der Waals surface area contributed by atoms with Crippen molar-refractivity contribution >= 4 is 45.4 Å². The lowest BCUT2D eigenvalue weighted by Crippen LogP contribution is -2.36. The summed E-state index contributed by atoms with van der Waals surface area (Å²) in [5.41, 5.74) is 1.04. The molecule has 4 rings (SSSR count). The predicted molar refractivity (Wildman–Crippen MR) is 120 cm³/mol. The van der Waals surface area contributed by atoms with Gasteiger partial charge in [0.25, 0.3) is 5.91 Å². The van der Waals surface area contributed by atoms with E-state index in [4.69, 9.17) is 4.74 Å². The van der Waals surface area contributed by atoms with Crippen LogP contribution in [-0.4, -0.2) is 36.2 Å². The molecule has 1 atom stereocenters. The number of thiazole rings is 1. The smallest absolute Gasteiger partial charge is 0.257 e. The van der Waals surface area contributed by atoms with E-state index < -0.39 is 5.92 Å². The number of nitrogens with one attached hydrogen (secondary N) is 2. The summed E-state index contributed by atoms with van der Waals surface area (Å²) in [6.07, 6.45) is 1.32. The largest absolute Gasteiger partial charge is 0.497 e. The number of thiophene rings is 1. The molecular weight excluding hydrogens is 434 g/mol. The van der Waals surface area contributed by atoms with Crippen LogP contribution in [0, 0.1) is 5.92 Å². The van der Waals surface area contributed by atoms with Crippen molar-refractivity contribution in [2.75, 3.05) is 19.0 Å². The molecule has 1 aliphatic rings. The summed E-state index contributed by atoms with van der Waals surface area (Å²) < 4.78 is 5.09. The SMILES string of the molecule is COc1ccc(C(=O)Nc2nc3c(s2)C(=O)CC(C(=O)NCCc2cccs2)C3)cc1. The summed E-state index contributed by atoms with van der Waals surface area (Å²) in [6, 6.07) is 10.7. The molecule has 0 fully saturated rings. The predicted octanol–water partition coefficient (Wildman–Crippen LogP) is 3.57. The van der Waals surface area contributed by atoms with E-state index in [0.717, 1.165) is 17.8 Å². The number of Topliss-reactive ketones (excluding diaryl/α,β-unsaturated/α-hetero) is 1. The average molecular weight is 456 g/mol. The molecule has 0 spiro atoms. The molecule has 1 aromatic carbocycles. The second-order valence-electron chi connectivity index (χ2n) is 7.13. The number of nitrogens with zero attached hydrogens (tertiary/aromatic N) is 1. The number of benzene rings is 1. The Bertz CT molecular complexity index is 1090. The molecular formula is C22H21N3O4S2. The zero-order valence-electron chi connectivity index (χ0n) is 16.8. The molecule has 2 heterocycles. The molecule has 0 bridgehead atoms. The Hall–Kier alpha value is -3.04. The highest BCUT2D eigenvalue weighted by Gasteiger charge is 2.33. The van der Waals surface area contributed by atoms with E-state index in [-0.39, 0.29) is 24.0 Å². The Balaban J connectivity index is 1.37. The molecule has 3 aromatic rings. The number of rotatable bonds is 7. The number of anilines is 1. The lowest BCUT2D eigenvalue weighted by molar-refractivity contribution is -0.125. The minimum Gasteiger partial charge on any atom is -0.497 e. The van der Waals surface area contributed by atoms with Crippen LogP contribution >= 0.6 is 22.7 Å². The lowest BCUT2D eigenvalue weighted by atomic mass is 9.89. The van der Waals surface area contributed by atoms with Crippen LogP contribution in [-0.2, 0) is 17.6 Å². The van der Waals surface area contributed by atoms with Crippen LogP contribution in [0.15, 0.2) is 41.8 Å². The van der Waals surface area contributed by atoms with Gasteiger partial charge in [0.2, 0.25) is 5.91 Å². The van der Waals surface area contributed by atoms with Crippen molar-refractivity contribution in [1.29, 1.82) is 0 Å². The van der Waals surface area contributed by atoms with Gasteiger partial charge in [-0.05, 0) is 42.1 Å². The van der Waals surface area contributed by atoms with E-state index in [0.29, 0.717) is 40.0 Å². The van der Waals surface area contributed by atoms with Crippen molar-refractivity contribution in [3.63, 3.8) is 0 Å². The van der Waals surface area contributed by atoms with E-state index in [2.05, 4.69) is 15.6 Å². The molecule has 160 valence electrons. The molecule has 2 aromatic heterocycles. The van der Waals surface area contributed by atoms with Crippen LogP contribution in [0.3, 0.4) is 0 Å².